The summed E-state index contributed by atoms with van der Waals surface area (Å²) in [6.45, 7) is 2.75. The van der Waals surface area contributed by atoms with Crippen molar-refractivity contribution in [3.8, 4) is 5.75 Å². The summed E-state index contributed by atoms with van der Waals surface area (Å²) >= 11 is 0. The van der Waals surface area contributed by atoms with E-state index < -0.39 is 5.63 Å². The van der Waals surface area contributed by atoms with Gasteiger partial charge in [-0.3, -0.25) is 0 Å². The minimum absolute atomic E-state index is 0.0318. The van der Waals surface area contributed by atoms with Crippen molar-refractivity contribution in [2.45, 2.75) is 51.5 Å². The highest BCUT2D eigenvalue weighted by atomic mass is 16.5. The Bertz CT molecular complexity index is 829. The van der Waals surface area contributed by atoms with Crippen LogP contribution in [0.2, 0.25) is 0 Å². The number of ether oxygens (including phenoxy) is 1. The molecule has 7 nitrogen and oxygen atoms in total. The summed E-state index contributed by atoms with van der Waals surface area (Å²) in [7, 11) is 1.49. The Morgan fingerprint density at radius 3 is 2.85 bits per heavy atom. The third kappa shape index (κ3) is 3.98. The highest BCUT2D eigenvalue weighted by molar-refractivity contribution is 5.92. The summed E-state index contributed by atoms with van der Waals surface area (Å²) in [4.78, 5) is 30.9. The van der Waals surface area contributed by atoms with E-state index in [0.717, 1.165) is 38.5 Å². The molecular formula is C19H25N3O4. The molecule has 0 spiro atoms. The van der Waals surface area contributed by atoms with Crippen LogP contribution in [-0.2, 0) is 0 Å². The van der Waals surface area contributed by atoms with Crippen LogP contribution in [0.4, 0.5) is 10.8 Å². The normalized spacial score (nSPS) is 13.6. The Hall–Kier alpha value is -2.57. The third-order valence-electron chi connectivity index (χ3n) is 4.47. The molecule has 0 aliphatic heterocycles. The fraction of sp³-hybridized carbons (Fsp3) is 0.526. The Balaban J connectivity index is 1.82. The number of nitrogens with zero attached hydrogens (tertiary/aromatic N) is 2. The molecule has 1 heterocycles. The molecule has 3 rings (SSSR count). The first-order chi connectivity index (χ1) is 12.7. The second-order valence-electron chi connectivity index (χ2n) is 6.53. The second kappa shape index (κ2) is 8.21. The number of benzene rings is 1. The van der Waals surface area contributed by atoms with Gasteiger partial charge in [0.2, 0.25) is 0 Å². The molecular weight excluding hydrogens is 334 g/mol. The fourth-order valence-corrected chi connectivity index (χ4v) is 2.92. The van der Waals surface area contributed by atoms with Crippen LogP contribution >= 0.6 is 0 Å². The van der Waals surface area contributed by atoms with Crippen LogP contribution < -0.4 is 20.6 Å². The number of fused-ring (bicyclic) bond motifs is 1. The van der Waals surface area contributed by atoms with Crippen molar-refractivity contribution in [2.75, 3.05) is 18.6 Å². The maximum atomic E-state index is 12.6. The number of aromatic nitrogens is 1. The minimum atomic E-state index is -0.552. The van der Waals surface area contributed by atoms with Crippen LogP contribution in [0.1, 0.15) is 45.4 Å². The van der Waals surface area contributed by atoms with E-state index in [1.807, 2.05) is 0 Å². The average molecular weight is 359 g/mol. The SMILES string of the molecule is CCCCCCNC(=O)N(c1nc2cccc(OC)c2c(=O)o1)C1CC1. The Kier molecular flexibility index (Phi) is 5.75. The van der Waals surface area contributed by atoms with Crippen LogP contribution in [0, 0.1) is 0 Å². The molecule has 0 bridgehead atoms. The maximum Gasteiger partial charge on any atom is 0.351 e. The predicted octanol–water partition coefficient (Wildman–Crippen LogP) is 3.46. The highest BCUT2D eigenvalue weighted by Crippen LogP contribution is 2.31. The number of nitrogens with one attached hydrogen (secondary N) is 1. The Morgan fingerprint density at radius 2 is 2.15 bits per heavy atom. The van der Waals surface area contributed by atoms with E-state index in [2.05, 4.69) is 17.2 Å². The molecule has 0 saturated heterocycles. The first-order valence-electron chi connectivity index (χ1n) is 9.20. The second-order valence-corrected chi connectivity index (χ2v) is 6.53. The quantitative estimate of drug-likeness (QED) is 0.730. The summed E-state index contributed by atoms with van der Waals surface area (Å²) < 4.78 is 10.6. The Morgan fingerprint density at radius 1 is 1.35 bits per heavy atom. The summed E-state index contributed by atoms with van der Waals surface area (Å²) in [5, 5.41) is 3.20. The molecule has 140 valence electrons. The van der Waals surface area contributed by atoms with Gasteiger partial charge < -0.3 is 14.5 Å². The van der Waals surface area contributed by atoms with Gasteiger partial charge in [-0.15, -0.1) is 0 Å². The van der Waals surface area contributed by atoms with Crippen molar-refractivity contribution >= 4 is 22.9 Å². The number of carbonyl (C=O) groups excluding carboxylic acids is 1. The molecule has 2 aromatic rings. The summed E-state index contributed by atoms with van der Waals surface area (Å²) in [6, 6.07) is 4.97. The molecule has 7 heteroatoms. The lowest BCUT2D eigenvalue weighted by atomic mass is 10.2. The van der Waals surface area contributed by atoms with E-state index >= 15 is 0 Å². The van der Waals surface area contributed by atoms with E-state index in [1.54, 1.807) is 18.2 Å². The van der Waals surface area contributed by atoms with E-state index in [4.69, 9.17) is 9.15 Å². The zero-order valence-electron chi connectivity index (χ0n) is 15.3. The molecule has 0 radical (unpaired) electrons. The average Bonchev–Trinajstić information content (AvgIpc) is 3.46. The summed E-state index contributed by atoms with van der Waals surface area (Å²) in [6.07, 6.45) is 6.09. The predicted molar refractivity (Wildman–Crippen MR) is 99.9 cm³/mol. The summed E-state index contributed by atoms with van der Waals surface area (Å²) in [5.41, 5.74) is -0.0964. The molecule has 0 unspecified atom stereocenters. The summed E-state index contributed by atoms with van der Waals surface area (Å²) in [5.74, 6) is 0.411. The molecule has 1 N–H and O–H groups in total. The molecule has 1 aromatic heterocycles. The Labute approximate surface area is 152 Å². The molecule has 1 aromatic carbocycles. The number of methoxy groups -OCH3 is 1. The van der Waals surface area contributed by atoms with Gasteiger partial charge in [-0.2, -0.15) is 4.98 Å². The first kappa shape index (κ1) is 18.2. The monoisotopic (exact) mass is 359 g/mol. The fourth-order valence-electron chi connectivity index (χ4n) is 2.92. The standard InChI is InChI=1S/C19H25N3O4/c1-3-4-5-6-12-20-18(24)22(13-10-11-13)19-21-14-8-7-9-15(25-2)16(14)17(23)26-19/h7-9,13H,3-6,10-12H2,1-2H3,(H,20,24). The van der Waals surface area contributed by atoms with Gasteiger partial charge in [0, 0.05) is 12.6 Å². The van der Waals surface area contributed by atoms with Crippen molar-refractivity contribution in [1.29, 1.82) is 0 Å². The van der Waals surface area contributed by atoms with Gasteiger partial charge in [0.1, 0.15) is 11.1 Å². The molecule has 2 amide bonds. The van der Waals surface area contributed by atoms with E-state index in [9.17, 15) is 9.59 Å². The number of amides is 2. The number of hydrogen-bond donors (Lipinski definition) is 1. The zero-order chi connectivity index (χ0) is 18.5. The van der Waals surface area contributed by atoms with E-state index in [0.29, 0.717) is 17.8 Å². The van der Waals surface area contributed by atoms with Gasteiger partial charge in [-0.05, 0) is 31.4 Å². The van der Waals surface area contributed by atoms with Gasteiger partial charge >= 0.3 is 17.7 Å². The van der Waals surface area contributed by atoms with Crippen molar-refractivity contribution in [1.82, 2.24) is 10.3 Å². The number of urea groups is 1. The van der Waals surface area contributed by atoms with Gasteiger partial charge in [-0.25, -0.2) is 14.5 Å². The number of unbranched alkanes of at least 4 members (excludes halogenated alkanes) is 3. The third-order valence-corrected chi connectivity index (χ3v) is 4.47. The van der Waals surface area contributed by atoms with E-state index in [1.165, 1.54) is 12.0 Å². The maximum absolute atomic E-state index is 12.6. The van der Waals surface area contributed by atoms with Crippen LogP contribution in [0.15, 0.2) is 27.4 Å². The van der Waals surface area contributed by atoms with Crippen LogP contribution in [0.25, 0.3) is 10.9 Å². The van der Waals surface area contributed by atoms with E-state index in [-0.39, 0.29) is 23.5 Å². The van der Waals surface area contributed by atoms with Crippen molar-refractivity contribution in [2.24, 2.45) is 0 Å². The minimum Gasteiger partial charge on any atom is -0.496 e. The molecule has 1 aliphatic carbocycles. The topological polar surface area (TPSA) is 84.7 Å². The number of anilines is 1. The molecule has 0 atom stereocenters. The highest BCUT2D eigenvalue weighted by Gasteiger charge is 2.36. The first-order valence-corrected chi connectivity index (χ1v) is 9.20. The zero-order valence-corrected chi connectivity index (χ0v) is 15.3. The smallest absolute Gasteiger partial charge is 0.351 e. The lowest BCUT2D eigenvalue weighted by molar-refractivity contribution is 0.244. The number of carbonyl (C=O) groups is 1. The molecule has 1 saturated carbocycles. The van der Waals surface area contributed by atoms with Crippen LogP contribution in [0.5, 0.6) is 5.75 Å². The van der Waals surface area contributed by atoms with Gasteiger partial charge in [0.05, 0.1) is 12.6 Å². The number of rotatable bonds is 8. The van der Waals surface area contributed by atoms with Crippen LogP contribution in [0.3, 0.4) is 0 Å². The molecule has 1 fully saturated rings. The van der Waals surface area contributed by atoms with Gasteiger partial charge in [0.15, 0.2) is 0 Å². The molecule has 26 heavy (non-hydrogen) atoms. The van der Waals surface area contributed by atoms with Gasteiger partial charge in [0.25, 0.3) is 0 Å². The van der Waals surface area contributed by atoms with Crippen molar-refractivity contribution < 1.29 is 13.9 Å². The van der Waals surface area contributed by atoms with Gasteiger partial charge in [-0.1, -0.05) is 32.3 Å². The van der Waals surface area contributed by atoms with Crippen molar-refractivity contribution in [3.05, 3.63) is 28.6 Å². The van der Waals surface area contributed by atoms with Crippen molar-refractivity contribution in [3.63, 3.8) is 0 Å². The lowest BCUT2D eigenvalue weighted by Gasteiger charge is -2.20. The number of hydrogen-bond acceptors (Lipinski definition) is 5. The largest absolute Gasteiger partial charge is 0.496 e. The lowest BCUT2D eigenvalue weighted by Crippen LogP contribution is -2.42. The van der Waals surface area contributed by atoms with Crippen LogP contribution in [-0.4, -0.2) is 30.7 Å². The molecule has 1 aliphatic rings.